The summed E-state index contributed by atoms with van der Waals surface area (Å²) >= 11 is 11.2. The van der Waals surface area contributed by atoms with Crippen LogP contribution in [0, 0.1) is 13.8 Å². The summed E-state index contributed by atoms with van der Waals surface area (Å²) in [7, 11) is 0. The van der Waals surface area contributed by atoms with Crippen LogP contribution >= 0.6 is 23.2 Å². The summed E-state index contributed by atoms with van der Waals surface area (Å²) in [5.74, 6) is 0.582. The van der Waals surface area contributed by atoms with Gasteiger partial charge in [0, 0.05) is 10.0 Å². The monoisotopic (exact) mass is 284 g/mol. The zero-order valence-electron chi connectivity index (χ0n) is 10.1. The Bertz CT molecular complexity index is 490. The lowest BCUT2D eigenvalue weighted by molar-refractivity contribution is 0.470. The Morgan fingerprint density at radius 1 is 0.722 bits per heavy atom. The van der Waals surface area contributed by atoms with E-state index in [1.165, 1.54) is 0 Å². The maximum Gasteiger partial charge on any atom is 0.118 e. The molecule has 0 aliphatic carbocycles. The third-order valence-electron chi connectivity index (χ3n) is 2.32. The summed E-state index contributed by atoms with van der Waals surface area (Å²) < 4.78 is 0. The Morgan fingerprint density at radius 2 is 1.06 bits per heavy atom. The van der Waals surface area contributed by atoms with Gasteiger partial charge >= 0.3 is 0 Å². The molecule has 0 fully saturated rings. The second-order valence-electron chi connectivity index (χ2n) is 3.86. The van der Waals surface area contributed by atoms with Gasteiger partial charge < -0.3 is 10.2 Å². The van der Waals surface area contributed by atoms with Crippen LogP contribution in [0.5, 0.6) is 11.5 Å². The smallest absolute Gasteiger partial charge is 0.118 e. The van der Waals surface area contributed by atoms with E-state index in [2.05, 4.69) is 0 Å². The van der Waals surface area contributed by atoms with Crippen LogP contribution in [0.1, 0.15) is 11.1 Å². The van der Waals surface area contributed by atoms with Gasteiger partial charge in [-0.1, -0.05) is 23.2 Å². The number of aromatic hydroxyl groups is 2. The summed E-state index contributed by atoms with van der Waals surface area (Å²) in [6.45, 7) is 3.61. The summed E-state index contributed by atoms with van der Waals surface area (Å²) in [6, 6.07) is 9.91. The second kappa shape index (κ2) is 6.53. The molecule has 0 aromatic heterocycles. The van der Waals surface area contributed by atoms with Crippen molar-refractivity contribution >= 4 is 23.2 Å². The summed E-state index contributed by atoms with van der Waals surface area (Å²) in [6.07, 6.45) is 0. The van der Waals surface area contributed by atoms with Gasteiger partial charge in [-0.3, -0.25) is 0 Å². The van der Waals surface area contributed by atoms with Gasteiger partial charge in [0.25, 0.3) is 0 Å². The molecule has 0 saturated heterocycles. The van der Waals surface area contributed by atoms with E-state index in [9.17, 15) is 0 Å². The van der Waals surface area contributed by atoms with E-state index in [-0.39, 0.29) is 0 Å². The van der Waals surface area contributed by atoms with Crippen LogP contribution in [0.4, 0.5) is 0 Å². The van der Waals surface area contributed by atoms with Gasteiger partial charge in [0.1, 0.15) is 11.5 Å². The van der Waals surface area contributed by atoms with Crippen molar-refractivity contribution in [3.8, 4) is 11.5 Å². The maximum atomic E-state index is 8.99. The fourth-order valence-corrected chi connectivity index (χ4v) is 1.69. The van der Waals surface area contributed by atoms with Crippen LogP contribution in [0.2, 0.25) is 10.0 Å². The number of hydrogen-bond donors (Lipinski definition) is 2. The molecule has 0 unspecified atom stereocenters. The number of benzene rings is 2. The summed E-state index contributed by atoms with van der Waals surface area (Å²) in [4.78, 5) is 0. The van der Waals surface area contributed by atoms with Crippen molar-refractivity contribution in [2.75, 3.05) is 0 Å². The van der Waals surface area contributed by atoms with E-state index in [0.29, 0.717) is 21.5 Å². The average Bonchev–Trinajstić information content (AvgIpc) is 2.30. The van der Waals surface area contributed by atoms with Crippen molar-refractivity contribution in [2.45, 2.75) is 13.8 Å². The molecule has 0 saturated carbocycles. The first-order valence-electron chi connectivity index (χ1n) is 5.30. The van der Waals surface area contributed by atoms with Gasteiger partial charge in [0.15, 0.2) is 0 Å². The topological polar surface area (TPSA) is 40.5 Å². The molecule has 2 aromatic carbocycles. The van der Waals surface area contributed by atoms with Gasteiger partial charge in [0.2, 0.25) is 0 Å². The number of rotatable bonds is 0. The SMILES string of the molecule is Cc1cc(Cl)ccc1O.Cc1cc(Cl)ccc1O. The van der Waals surface area contributed by atoms with Crippen LogP contribution in [0.3, 0.4) is 0 Å². The van der Waals surface area contributed by atoms with Gasteiger partial charge in [-0.05, 0) is 61.4 Å². The van der Waals surface area contributed by atoms with Crippen LogP contribution in [-0.2, 0) is 0 Å². The number of phenolic OH excluding ortho intramolecular Hbond substituents is 2. The van der Waals surface area contributed by atoms with Crippen molar-refractivity contribution in [2.24, 2.45) is 0 Å². The molecule has 2 aromatic rings. The molecule has 2 rings (SSSR count). The molecule has 2 nitrogen and oxygen atoms in total. The van der Waals surface area contributed by atoms with Crippen molar-refractivity contribution in [3.63, 3.8) is 0 Å². The third-order valence-corrected chi connectivity index (χ3v) is 2.79. The molecular weight excluding hydrogens is 271 g/mol. The van der Waals surface area contributed by atoms with E-state index in [0.717, 1.165) is 11.1 Å². The quantitative estimate of drug-likeness (QED) is 0.736. The average molecular weight is 285 g/mol. The van der Waals surface area contributed by atoms with E-state index in [1.54, 1.807) is 50.2 Å². The van der Waals surface area contributed by atoms with Crippen LogP contribution in [-0.4, -0.2) is 10.2 Å². The van der Waals surface area contributed by atoms with Crippen LogP contribution in [0.15, 0.2) is 36.4 Å². The lowest BCUT2D eigenvalue weighted by atomic mass is 10.2. The molecule has 18 heavy (non-hydrogen) atoms. The highest BCUT2D eigenvalue weighted by atomic mass is 35.5. The molecule has 0 aliphatic heterocycles. The second-order valence-corrected chi connectivity index (χ2v) is 4.73. The molecule has 0 atom stereocenters. The zero-order valence-corrected chi connectivity index (χ0v) is 11.6. The Morgan fingerprint density at radius 3 is 1.28 bits per heavy atom. The van der Waals surface area contributed by atoms with Gasteiger partial charge in [0.05, 0.1) is 0 Å². The van der Waals surface area contributed by atoms with E-state index in [4.69, 9.17) is 33.4 Å². The minimum atomic E-state index is 0.291. The largest absolute Gasteiger partial charge is 0.508 e. The van der Waals surface area contributed by atoms with Gasteiger partial charge in [-0.2, -0.15) is 0 Å². The molecule has 0 spiro atoms. The lowest BCUT2D eigenvalue weighted by Crippen LogP contribution is -1.71. The summed E-state index contributed by atoms with van der Waals surface area (Å²) in [5.41, 5.74) is 1.62. The van der Waals surface area contributed by atoms with E-state index < -0.39 is 0 Å². The van der Waals surface area contributed by atoms with Crippen LogP contribution in [0.25, 0.3) is 0 Å². The minimum absolute atomic E-state index is 0.291. The normalized spacial score (nSPS) is 9.56. The predicted octanol–water partition coefficient (Wildman–Crippen LogP) is 4.71. The first-order chi connectivity index (χ1) is 8.40. The first kappa shape index (κ1) is 14.7. The number of hydrogen-bond acceptors (Lipinski definition) is 2. The number of aryl methyl sites for hydroxylation is 2. The zero-order chi connectivity index (χ0) is 13.7. The minimum Gasteiger partial charge on any atom is -0.508 e. The Kier molecular flexibility index (Phi) is 5.32. The standard InChI is InChI=1S/2C7H7ClO/c2*1-5-4-6(8)2-3-7(5)9/h2*2-4,9H,1H3. The predicted molar refractivity (Wildman–Crippen MR) is 75.7 cm³/mol. The fraction of sp³-hybridized carbons (Fsp3) is 0.143. The Balaban J connectivity index is 0.000000180. The molecule has 0 heterocycles. The maximum absolute atomic E-state index is 8.99. The van der Waals surface area contributed by atoms with Crippen molar-refractivity contribution in [1.82, 2.24) is 0 Å². The molecule has 96 valence electrons. The summed E-state index contributed by atoms with van der Waals surface area (Å²) in [5, 5.41) is 19.3. The van der Waals surface area contributed by atoms with E-state index >= 15 is 0 Å². The molecule has 0 bridgehead atoms. The molecule has 0 amide bonds. The highest BCUT2D eigenvalue weighted by Gasteiger charge is 1.93. The molecule has 0 aliphatic rings. The highest BCUT2D eigenvalue weighted by molar-refractivity contribution is 6.30. The van der Waals surface area contributed by atoms with Gasteiger partial charge in [-0.25, -0.2) is 0 Å². The fourth-order valence-electron chi connectivity index (χ4n) is 1.24. The van der Waals surface area contributed by atoms with Crippen molar-refractivity contribution in [1.29, 1.82) is 0 Å². The van der Waals surface area contributed by atoms with Gasteiger partial charge in [-0.15, -0.1) is 0 Å². The molecular formula is C14H14Cl2O2. The third kappa shape index (κ3) is 4.47. The Hall–Kier alpha value is -1.38. The van der Waals surface area contributed by atoms with E-state index in [1.807, 2.05) is 0 Å². The Labute approximate surface area is 116 Å². The molecule has 4 heteroatoms. The van der Waals surface area contributed by atoms with Crippen molar-refractivity contribution in [3.05, 3.63) is 57.6 Å². The number of phenols is 2. The first-order valence-corrected chi connectivity index (χ1v) is 6.06. The van der Waals surface area contributed by atoms with Crippen LogP contribution < -0.4 is 0 Å². The van der Waals surface area contributed by atoms with Crippen molar-refractivity contribution < 1.29 is 10.2 Å². The molecule has 2 N–H and O–H groups in total. The molecule has 0 radical (unpaired) electrons. The number of halogens is 2. The highest BCUT2D eigenvalue weighted by Crippen LogP contribution is 2.20. The lowest BCUT2D eigenvalue weighted by Gasteiger charge is -1.95.